The molecule has 0 spiro atoms. The molecular weight excluding hydrogens is 192 g/mol. The van der Waals surface area contributed by atoms with E-state index < -0.39 is 12.2 Å². The summed E-state index contributed by atoms with van der Waals surface area (Å²) in [5, 5.41) is 19.5. The van der Waals surface area contributed by atoms with Crippen LogP contribution in [0.25, 0.3) is 0 Å². The van der Waals surface area contributed by atoms with Gasteiger partial charge in [0, 0.05) is 12.6 Å². The molecule has 0 saturated heterocycles. The fourth-order valence-corrected chi connectivity index (χ4v) is 1.74. The SMILES string of the molecule is Nc1cc(CC(O)C(O)C2CC2)ccn1. The van der Waals surface area contributed by atoms with E-state index in [1.807, 2.05) is 0 Å². The zero-order valence-electron chi connectivity index (χ0n) is 8.50. The van der Waals surface area contributed by atoms with Crippen LogP contribution in [0.2, 0.25) is 0 Å². The summed E-state index contributed by atoms with van der Waals surface area (Å²) >= 11 is 0. The van der Waals surface area contributed by atoms with Crippen LogP contribution in [0, 0.1) is 5.92 Å². The highest BCUT2D eigenvalue weighted by atomic mass is 16.3. The Hall–Kier alpha value is -1.13. The van der Waals surface area contributed by atoms with Crippen molar-refractivity contribution in [2.45, 2.75) is 31.5 Å². The summed E-state index contributed by atoms with van der Waals surface area (Å²) in [6, 6.07) is 3.53. The van der Waals surface area contributed by atoms with Crippen molar-refractivity contribution < 1.29 is 10.2 Å². The van der Waals surface area contributed by atoms with Gasteiger partial charge in [-0.1, -0.05) is 0 Å². The van der Waals surface area contributed by atoms with Gasteiger partial charge in [0.15, 0.2) is 0 Å². The molecule has 1 fully saturated rings. The lowest BCUT2D eigenvalue weighted by molar-refractivity contribution is 0.00673. The largest absolute Gasteiger partial charge is 0.390 e. The standard InChI is InChI=1S/C11H16N2O2/c12-10-6-7(3-4-13-10)5-9(14)11(15)8-1-2-8/h3-4,6,8-9,11,14-15H,1-2,5H2,(H2,12,13). The molecule has 0 radical (unpaired) electrons. The third-order valence-electron chi connectivity index (χ3n) is 2.79. The van der Waals surface area contributed by atoms with Gasteiger partial charge in [-0.15, -0.1) is 0 Å². The minimum atomic E-state index is -0.695. The Bertz CT molecular complexity index is 339. The quantitative estimate of drug-likeness (QED) is 0.666. The average molecular weight is 208 g/mol. The van der Waals surface area contributed by atoms with Crippen molar-refractivity contribution in [3.8, 4) is 0 Å². The molecule has 0 amide bonds. The predicted molar refractivity (Wildman–Crippen MR) is 57.1 cm³/mol. The molecule has 2 rings (SSSR count). The van der Waals surface area contributed by atoms with Crippen LogP contribution in [-0.2, 0) is 6.42 Å². The molecule has 0 aliphatic heterocycles. The zero-order chi connectivity index (χ0) is 10.8. The van der Waals surface area contributed by atoms with Crippen LogP contribution in [0.5, 0.6) is 0 Å². The van der Waals surface area contributed by atoms with Crippen LogP contribution < -0.4 is 5.73 Å². The minimum absolute atomic E-state index is 0.291. The van der Waals surface area contributed by atoms with Crippen molar-refractivity contribution in [1.82, 2.24) is 4.98 Å². The van der Waals surface area contributed by atoms with Gasteiger partial charge in [0.05, 0.1) is 12.2 Å². The molecule has 15 heavy (non-hydrogen) atoms. The van der Waals surface area contributed by atoms with Gasteiger partial charge in [-0.05, 0) is 36.5 Å². The van der Waals surface area contributed by atoms with Crippen LogP contribution in [0.4, 0.5) is 5.82 Å². The van der Waals surface area contributed by atoms with Crippen molar-refractivity contribution in [2.75, 3.05) is 5.73 Å². The van der Waals surface area contributed by atoms with Gasteiger partial charge in [-0.3, -0.25) is 0 Å². The highest BCUT2D eigenvalue weighted by Crippen LogP contribution is 2.34. The van der Waals surface area contributed by atoms with Crippen LogP contribution >= 0.6 is 0 Å². The lowest BCUT2D eigenvalue weighted by atomic mass is 10.0. The van der Waals surface area contributed by atoms with E-state index in [0.717, 1.165) is 18.4 Å². The summed E-state index contributed by atoms with van der Waals surface area (Å²) < 4.78 is 0. The summed E-state index contributed by atoms with van der Waals surface area (Å²) in [4.78, 5) is 3.87. The number of aliphatic hydroxyl groups is 2. The molecule has 4 nitrogen and oxygen atoms in total. The fraction of sp³-hybridized carbons (Fsp3) is 0.545. The van der Waals surface area contributed by atoms with E-state index in [2.05, 4.69) is 4.98 Å². The number of pyridine rings is 1. The molecule has 82 valence electrons. The highest BCUT2D eigenvalue weighted by molar-refractivity contribution is 5.32. The maximum absolute atomic E-state index is 9.76. The molecule has 0 bridgehead atoms. The molecule has 1 aromatic rings. The van der Waals surface area contributed by atoms with E-state index in [1.54, 1.807) is 18.3 Å². The van der Waals surface area contributed by atoms with Crippen LogP contribution in [0.3, 0.4) is 0 Å². The van der Waals surface area contributed by atoms with E-state index in [4.69, 9.17) is 5.73 Å². The first-order valence-corrected chi connectivity index (χ1v) is 5.23. The molecule has 2 atom stereocenters. The lowest BCUT2D eigenvalue weighted by Crippen LogP contribution is -2.29. The van der Waals surface area contributed by atoms with E-state index >= 15 is 0 Å². The van der Waals surface area contributed by atoms with Gasteiger partial charge in [-0.25, -0.2) is 4.98 Å². The van der Waals surface area contributed by atoms with E-state index in [1.165, 1.54) is 0 Å². The summed E-state index contributed by atoms with van der Waals surface area (Å²) in [5.74, 6) is 0.736. The van der Waals surface area contributed by atoms with Gasteiger partial charge in [-0.2, -0.15) is 0 Å². The first kappa shape index (κ1) is 10.4. The Labute approximate surface area is 88.8 Å². The molecule has 1 saturated carbocycles. The third-order valence-corrected chi connectivity index (χ3v) is 2.79. The Morgan fingerprint density at radius 3 is 2.80 bits per heavy atom. The maximum Gasteiger partial charge on any atom is 0.123 e. The van der Waals surface area contributed by atoms with Crippen LogP contribution in [0.1, 0.15) is 18.4 Å². The fourth-order valence-electron chi connectivity index (χ4n) is 1.74. The van der Waals surface area contributed by atoms with Gasteiger partial charge in [0.2, 0.25) is 0 Å². The monoisotopic (exact) mass is 208 g/mol. The second kappa shape index (κ2) is 4.16. The number of hydrogen-bond acceptors (Lipinski definition) is 4. The molecular formula is C11H16N2O2. The van der Waals surface area contributed by atoms with Gasteiger partial charge in [0.25, 0.3) is 0 Å². The zero-order valence-corrected chi connectivity index (χ0v) is 8.50. The van der Waals surface area contributed by atoms with E-state index in [-0.39, 0.29) is 0 Å². The number of rotatable bonds is 4. The number of aromatic nitrogens is 1. The van der Waals surface area contributed by atoms with Crippen molar-refractivity contribution in [1.29, 1.82) is 0 Å². The lowest BCUT2D eigenvalue weighted by Gasteiger charge is -2.17. The first-order chi connectivity index (χ1) is 7.16. The van der Waals surface area contributed by atoms with Crippen LogP contribution in [0.15, 0.2) is 18.3 Å². The van der Waals surface area contributed by atoms with Crippen molar-refractivity contribution in [3.05, 3.63) is 23.9 Å². The summed E-state index contributed by atoms with van der Waals surface area (Å²) in [7, 11) is 0. The summed E-state index contributed by atoms with van der Waals surface area (Å²) in [6.07, 6.45) is 2.80. The number of nitrogens with two attached hydrogens (primary N) is 1. The smallest absolute Gasteiger partial charge is 0.123 e. The Morgan fingerprint density at radius 2 is 2.20 bits per heavy atom. The third kappa shape index (κ3) is 2.67. The van der Waals surface area contributed by atoms with Gasteiger partial charge >= 0.3 is 0 Å². The van der Waals surface area contributed by atoms with Crippen LogP contribution in [-0.4, -0.2) is 27.4 Å². The minimum Gasteiger partial charge on any atom is -0.390 e. The molecule has 4 N–H and O–H groups in total. The highest BCUT2D eigenvalue weighted by Gasteiger charge is 2.34. The van der Waals surface area contributed by atoms with E-state index in [9.17, 15) is 10.2 Å². The Morgan fingerprint density at radius 1 is 1.47 bits per heavy atom. The van der Waals surface area contributed by atoms with Gasteiger partial charge < -0.3 is 15.9 Å². The molecule has 1 aromatic heterocycles. The number of nitrogen functional groups attached to an aromatic ring is 1. The molecule has 2 unspecified atom stereocenters. The molecule has 1 aliphatic carbocycles. The van der Waals surface area contributed by atoms with Crippen molar-refractivity contribution in [3.63, 3.8) is 0 Å². The molecule has 0 aromatic carbocycles. The molecule has 4 heteroatoms. The van der Waals surface area contributed by atoms with Gasteiger partial charge in [0.1, 0.15) is 5.82 Å². The average Bonchev–Trinajstić information content (AvgIpc) is 2.99. The topological polar surface area (TPSA) is 79.4 Å². The summed E-state index contributed by atoms with van der Waals surface area (Å²) in [6.45, 7) is 0. The Kier molecular flexibility index (Phi) is 2.88. The normalized spacial score (nSPS) is 19.9. The second-order valence-electron chi connectivity index (χ2n) is 4.19. The number of nitrogens with zero attached hydrogens (tertiary/aromatic N) is 1. The van der Waals surface area contributed by atoms with Crippen molar-refractivity contribution >= 4 is 5.82 Å². The number of aliphatic hydroxyl groups excluding tert-OH is 2. The van der Waals surface area contributed by atoms with Crippen molar-refractivity contribution in [2.24, 2.45) is 5.92 Å². The number of anilines is 1. The molecule has 1 heterocycles. The number of hydrogen-bond donors (Lipinski definition) is 3. The molecule has 1 aliphatic rings. The predicted octanol–water partition coefficient (Wildman–Crippen LogP) is 0.338. The summed E-state index contributed by atoms with van der Waals surface area (Å²) in [5.41, 5.74) is 6.44. The Balaban J connectivity index is 1.95. The first-order valence-electron chi connectivity index (χ1n) is 5.23. The maximum atomic E-state index is 9.76. The second-order valence-corrected chi connectivity index (χ2v) is 4.19. The van der Waals surface area contributed by atoms with E-state index in [0.29, 0.717) is 18.2 Å².